The Hall–Kier alpha value is -1.20. The molecule has 1 atom stereocenters. The van der Waals surface area contributed by atoms with Crippen molar-refractivity contribution in [1.29, 1.82) is 0 Å². The molecule has 2 heterocycles. The van der Waals surface area contributed by atoms with E-state index in [2.05, 4.69) is 38.3 Å². The van der Waals surface area contributed by atoms with Gasteiger partial charge in [0.25, 0.3) is 0 Å². The fourth-order valence-electron chi connectivity index (χ4n) is 2.06. The molecule has 0 radical (unpaired) electrons. The van der Waals surface area contributed by atoms with Gasteiger partial charge in [0.05, 0.1) is 22.4 Å². The first-order chi connectivity index (χ1) is 8.76. The third kappa shape index (κ3) is 2.79. The van der Waals surface area contributed by atoms with E-state index in [1.165, 1.54) is 11.3 Å². The first kappa shape index (κ1) is 13.2. The predicted octanol–water partition coefficient (Wildman–Crippen LogP) is 2.56. The van der Waals surface area contributed by atoms with Crippen molar-refractivity contribution in [2.45, 2.75) is 25.9 Å². The molecule has 0 aliphatic rings. The maximum absolute atomic E-state index is 4.36. The van der Waals surface area contributed by atoms with Gasteiger partial charge >= 0.3 is 0 Å². The lowest BCUT2D eigenvalue weighted by Gasteiger charge is -2.18. The molecule has 0 saturated heterocycles. The van der Waals surface area contributed by atoms with E-state index in [-0.39, 0.29) is 6.04 Å². The molecule has 96 valence electrons. The quantitative estimate of drug-likeness (QED) is 0.923. The normalized spacial score (nSPS) is 12.6. The molecule has 0 aromatic carbocycles. The molecule has 2 rings (SSSR count). The van der Waals surface area contributed by atoms with Gasteiger partial charge in [-0.15, -0.1) is 0 Å². The van der Waals surface area contributed by atoms with Crippen LogP contribution in [-0.4, -0.2) is 21.8 Å². The molecule has 18 heavy (non-hydrogen) atoms. The van der Waals surface area contributed by atoms with Crippen molar-refractivity contribution < 1.29 is 0 Å². The molecule has 0 saturated carbocycles. The van der Waals surface area contributed by atoms with Crippen LogP contribution in [0.5, 0.6) is 0 Å². The van der Waals surface area contributed by atoms with Crippen LogP contribution in [0, 0.1) is 0 Å². The number of nitrogens with one attached hydrogen (secondary N) is 1. The molecule has 4 nitrogen and oxygen atoms in total. The van der Waals surface area contributed by atoms with Gasteiger partial charge in [-0.05, 0) is 54.0 Å². The van der Waals surface area contributed by atoms with Gasteiger partial charge in [-0.25, -0.2) is 0 Å². The Kier molecular flexibility index (Phi) is 4.49. The van der Waals surface area contributed by atoms with Crippen LogP contribution >= 0.6 is 15.9 Å². The van der Waals surface area contributed by atoms with E-state index in [1.807, 2.05) is 42.5 Å². The van der Waals surface area contributed by atoms with E-state index in [0.29, 0.717) is 0 Å². The van der Waals surface area contributed by atoms with Crippen LogP contribution in [0.1, 0.15) is 24.2 Å². The second-order valence-corrected chi connectivity index (χ2v) is 4.95. The van der Waals surface area contributed by atoms with Crippen LogP contribution in [0.15, 0.2) is 35.2 Å². The van der Waals surface area contributed by atoms with Crippen molar-refractivity contribution in [2.24, 2.45) is 0 Å². The maximum Gasteiger partial charge on any atom is 0.0698 e. The van der Waals surface area contributed by atoms with Crippen molar-refractivity contribution in [2.75, 3.05) is 7.05 Å². The monoisotopic (exact) mass is 308 g/mol. The Morgan fingerprint density at radius 1 is 1.39 bits per heavy atom. The zero-order valence-electron chi connectivity index (χ0n) is 10.6. The number of hydrogen-bond acceptors (Lipinski definition) is 3. The van der Waals surface area contributed by atoms with Gasteiger partial charge in [0.2, 0.25) is 0 Å². The summed E-state index contributed by atoms with van der Waals surface area (Å²) >= 11 is 3.58. The Labute approximate surface area is 116 Å². The Bertz CT molecular complexity index is 495. The van der Waals surface area contributed by atoms with Gasteiger partial charge in [0, 0.05) is 18.9 Å². The van der Waals surface area contributed by atoms with Crippen LogP contribution in [0.4, 0.5) is 0 Å². The topological polar surface area (TPSA) is 42.7 Å². The number of halogens is 1. The van der Waals surface area contributed by atoms with E-state index >= 15 is 0 Å². The number of likely N-dealkylation sites (N-methyl/N-ethyl adjacent to an activating group) is 1. The fourth-order valence-corrected chi connectivity index (χ4v) is 2.63. The van der Waals surface area contributed by atoms with Crippen molar-refractivity contribution >= 4 is 15.9 Å². The maximum atomic E-state index is 4.36. The number of pyridine rings is 1. The van der Waals surface area contributed by atoms with Gasteiger partial charge in [0.1, 0.15) is 0 Å². The Morgan fingerprint density at radius 2 is 2.11 bits per heavy atom. The second kappa shape index (κ2) is 6.11. The van der Waals surface area contributed by atoms with Crippen molar-refractivity contribution in [3.8, 4) is 0 Å². The summed E-state index contributed by atoms with van der Waals surface area (Å²) < 4.78 is 3.07. The van der Waals surface area contributed by atoms with Crippen molar-refractivity contribution in [3.63, 3.8) is 0 Å². The second-order valence-electron chi connectivity index (χ2n) is 4.09. The van der Waals surface area contributed by atoms with Crippen molar-refractivity contribution in [1.82, 2.24) is 20.1 Å². The SMILES string of the molecule is CCn1ncc(Br)c1C(Cc1ccncc1)NC. The van der Waals surface area contributed by atoms with Crippen LogP contribution in [0.2, 0.25) is 0 Å². The van der Waals surface area contributed by atoms with E-state index in [1.54, 1.807) is 0 Å². The van der Waals surface area contributed by atoms with Gasteiger partial charge < -0.3 is 5.32 Å². The molecule has 0 amide bonds. The highest BCUT2D eigenvalue weighted by molar-refractivity contribution is 9.10. The minimum atomic E-state index is 0.240. The molecule has 0 spiro atoms. The smallest absolute Gasteiger partial charge is 0.0698 e. The minimum absolute atomic E-state index is 0.240. The summed E-state index contributed by atoms with van der Waals surface area (Å²) in [6.45, 7) is 2.97. The summed E-state index contributed by atoms with van der Waals surface area (Å²) in [5, 5.41) is 7.72. The summed E-state index contributed by atoms with van der Waals surface area (Å²) in [5.41, 5.74) is 2.46. The largest absolute Gasteiger partial charge is 0.311 e. The predicted molar refractivity (Wildman–Crippen MR) is 75.3 cm³/mol. The molecule has 2 aromatic heterocycles. The Morgan fingerprint density at radius 3 is 2.72 bits per heavy atom. The summed E-state index contributed by atoms with van der Waals surface area (Å²) in [6.07, 6.45) is 6.43. The van der Waals surface area contributed by atoms with E-state index in [0.717, 1.165) is 17.4 Å². The minimum Gasteiger partial charge on any atom is -0.311 e. The molecule has 0 fully saturated rings. The van der Waals surface area contributed by atoms with Gasteiger partial charge in [-0.1, -0.05) is 0 Å². The zero-order chi connectivity index (χ0) is 13.0. The summed E-state index contributed by atoms with van der Waals surface area (Å²) in [4.78, 5) is 4.05. The molecular weight excluding hydrogens is 292 g/mol. The highest BCUT2D eigenvalue weighted by atomic mass is 79.9. The third-order valence-electron chi connectivity index (χ3n) is 3.00. The zero-order valence-corrected chi connectivity index (χ0v) is 12.2. The van der Waals surface area contributed by atoms with Crippen molar-refractivity contribution in [3.05, 3.63) is 46.5 Å². The summed E-state index contributed by atoms with van der Waals surface area (Å²) in [6, 6.07) is 4.33. The lowest BCUT2D eigenvalue weighted by Crippen LogP contribution is -2.22. The molecule has 1 N–H and O–H groups in total. The first-order valence-electron chi connectivity index (χ1n) is 6.03. The van der Waals surface area contributed by atoms with Gasteiger partial charge in [-0.3, -0.25) is 9.67 Å². The van der Waals surface area contributed by atoms with Crippen LogP contribution in [-0.2, 0) is 13.0 Å². The van der Waals surface area contributed by atoms with Gasteiger partial charge in [0.15, 0.2) is 0 Å². The number of aryl methyl sites for hydroxylation is 1. The average Bonchev–Trinajstić information content (AvgIpc) is 2.78. The third-order valence-corrected chi connectivity index (χ3v) is 3.61. The average molecular weight is 309 g/mol. The first-order valence-corrected chi connectivity index (χ1v) is 6.83. The van der Waals surface area contributed by atoms with Crippen LogP contribution in [0.3, 0.4) is 0 Å². The van der Waals surface area contributed by atoms with E-state index < -0.39 is 0 Å². The van der Waals surface area contributed by atoms with Gasteiger partial charge in [-0.2, -0.15) is 5.10 Å². The summed E-state index contributed by atoms with van der Waals surface area (Å²) in [7, 11) is 1.98. The van der Waals surface area contributed by atoms with E-state index in [4.69, 9.17) is 0 Å². The van der Waals surface area contributed by atoms with Crippen LogP contribution < -0.4 is 5.32 Å². The highest BCUT2D eigenvalue weighted by Gasteiger charge is 2.18. The molecule has 0 bridgehead atoms. The molecule has 0 aliphatic heterocycles. The highest BCUT2D eigenvalue weighted by Crippen LogP contribution is 2.25. The molecule has 1 unspecified atom stereocenters. The molecule has 2 aromatic rings. The number of hydrogen-bond donors (Lipinski definition) is 1. The fraction of sp³-hybridized carbons (Fsp3) is 0.385. The standard InChI is InChI=1S/C13H17BrN4/c1-3-18-13(11(14)9-17-18)12(15-2)8-10-4-6-16-7-5-10/h4-7,9,12,15H,3,8H2,1-2H3. The number of rotatable bonds is 5. The van der Waals surface area contributed by atoms with E-state index in [9.17, 15) is 0 Å². The molecule has 5 heteroatoms. The van der Waals surface area contributed by atoms with Crippen LogP contribution in [0.25, 0.3) is 0 Å². The lowest BCUT2D eigenvalue weighted by atomic mass is 10.0. The number of aromatic nitrogens is 3. The summed E-state index contributed by atoms with van der Waals surface area (Å²) in [5.74, 6) is 0. The number of nitrogens with zero attached hydrogens (tertiary/aromatic N) is 3. The molecule has 0 aliphatic carbocycles. The Balaban J connectivity index is 2.25. The lowest BCUT2D eigenvalue weighted by molar-refractivity contribution is 0.511. The molecular formula is C13H17BrN4.